The molecule has 1 fully saturated rings. The first kappa shape index (κ1) is 15.0. The number of aryl methyl sites for hydroxylation is 1. The minimum atomic E-state index is -3.60. The summed E-state index contributed by atoms with van der Waals surface area (Å²) in [4.78, 5) is 4.37. The Hall–Kier alpha value is -1.93. The van der Waals surface area contributed by atoms with Crippen LogP contribution in [-0.4, -0.2) is 43.1 Å². The topological polar surface area (TPSA) is 85.5 Å². The maximum Gasteiger partial charge on any atom is 0.246 e. The fourth-order valence-electron chi connectivity index (χ4n) is 2.60. The van der Waals surface area contributed by atoms with E-state index in [0.29, 0.717) is 37.0 Å². The van der Waals surface area contributed by atoms with Crippen molar-refractivity contribution in [1.82, 2.24) is 14.4 Å². The average Bonchev–Trinajstić information content (AvgIpc) is 3.16. The highest BCUT2D eigenvalue weighted by molar-refractivity contribution is 7.89. The summed E-state index contributed by atoms with van der Waals surface area (Å²) in [6.45, 7) is 2.50. The van der Waals surface area contributed by atoms with Crippen LogP contribution in [0.15, 0.2) is 33.7 Å². The summed E-state index contributed by atoms with van der Waals surface area (Å²) < 4.78 is 37.3. The lowest BCUT2D eigenvalue weighted by Crippen LogP contribution is -2.29. The molecule has 0 aliphatic carbocycles. The number of hydrogen-bond acceptors (Lipinski definition) is 6. The van der Waals surface area contributed by atoms with E-state index >= 15 is 0 Å². The van der Waals surface area contributed by atoms with Crippen LogP contribution in [0, 0.1) is 6.92 Å². The molecule has 3 rings (SSSR count). The van der Waals surface area contributed by atoms with Gasteiger partial charge in [-0.3, -0.25) is 0 Å². The fraction of sp³-hybridized carbons (Fsp3) is 0.429. The SMILES string of the molecule is COc1ccccc1S(=O)(=O)N1CC[C@H](c2nc(C)no2)C1. The van der Waals surface area contributed by atoms with Gasteiger partial charge in [0.15, 0.2) is 5.82 Å². The van der Waals surface area contributed by atoms with Crippen molar-refractivity contribution in [3.8, 4) is 5.75 Å². The number of benzene rings is 1. The van der Waals surface area contributed by atoms with Crippen LogP contribution in [0.5, 0.6) is 5.75 Å². The van der Waals surface area contributed by atoms with Crippen molar-refractivity contribution in [3.05, 3.63) is 36.0 Å². The first-order valence-corrected chi connectivity index (χ1v) is 8.39. The van der Waals surface area contributed by atoms with Crippen LogP contribution in [0.3, 0.4) is 0 Å². The van der Waals surface area contributed by atoms with Crippen LogP contribution in [0.4, 0.5) is 0 Å². The van der Waals surface area contributed by atoms with Gasteiger partial charge < -0.3 is 9.26 Å². The van der Waals surface area contributed by atoms with E-state index in [-0.39, 0.29) is 10.8 Å². The van der Waals surface area contributed by atoms with E-state index in [4.69, 9.17) is 9.26 Å². The molecule has 1 aliphatic heterocycles. The molecule has 0 radical (unpaired) electrons. The van der Waals surface area contributed by atoms with Gasteiger partial charge in [-0.15, -0.1) is 0 Å². The first-order valence-electron chi connectivity index (χ1n) is 6.95. The molecule has 2 aromatic rings. The molecular weight excluding hydrogens is 306 g/mol. The molecule has 7 nitrogen and oxygen atoms in total. The molecule has 1 aromatic heterocycles. The normalized spacial score (nSPS) is 19.5. The largest absolute Gasteiger partial charge is 0.495 e. The summed E-state index contributed by atoms with van der Waals surface area (Å²) in [6, 6.07) is 6.62. The molecule has 1 saturated heterocycles. The van der Waals surface area contributed by atoms with Crippen molar-refractivity contribution < 1.29 is 17.7 Å². The molecule has 0 amide bonds. The van der Waals surface area contributed by atoms with Crippen molar-refractivity contribution in [2.45, 2.75) is 24.2 Å². The molecule has 1 atom stereocenters. The highest BCUT2D eigenvalue weighted by Crippen LogP contribution is 2.33. The van der Waals surface area contributed by atoms with Gasteiger partial charge in [-0.05, 0) is 25.5 Å². The molecule has 0 bridgehead atoms. The van der Waals surface area contributed by atoms with Crippen LogP contribution in [0.25, 0.3) is 0 Å². The van der Waals surface area contributed by atoms with Crippen LogP contribution in [-0.2, 0) is 10.0 Å². The number of aromatic nitrogens is 2. The summed E-state index contributed by atoms with van der Waals surface area (Å²) in [6.07, 6.45) is 0.663. The van der Waals surface area contributed by atoms with Gasteiger partial charge >= 0.3 is 0 Å². The van der Waals surface area contributed by atoms with Gasteiger partial charge in [-0.2, -0.15) is 9.29 Å². The monoisotopic (exact) mass is 323 g/mol. The van der Waals surface area contributed by atoms with E-state index in [2.05, 4.69) is 10.1 Å². The second kappa shape index (κ2) is 5.69. The summed E-state index contributed by atoms with van der Waals surface area (Å²) in [5, 5.41) is 3.76. The Kier molecular flexibility index (Phi) is 3.88. The quantitative estimate of drug-likeness (QED) is 0.849. The van der Waals surface area contributed by atoms with Crippen LogP contribution in [0.1, 0.15) is 24.1 Å². The Balaban J connectivity index is 1.85. The van der Waals surface area contributed by atoms with Gasteiger partial charge in [0.1, 0.15) is 10.6 Å². The second-order valence-corrected chi connectivity index (χ2v) is 7.09. The third-order valence-corrected chi connectivity index (χ3v) is 5.63. The number of para-hydroxylation sites is 1. The number of hydrogen-bond donors (Lipinski definition) is 0. The number of nitrogens with zero attached hydrogens (tertiary/aromatic N) is 3. The standard InChI is InChI=1S/C14H17N3O4S/c1-10-15-14(21-16-10)11-7-8-17(9-11)22(18,19)13-6-4-3-5-12(13)20-2/h3-6,11H,7-9H2,1-2H3/t11-/m0/s1. The Labute approximate surface area is 128 Å². The van der Waals surface area contributed by atoms with Gasteiger partial charge in [-0.25, -0.2) is 8.42 Å². The zero-order valence-electron chi connectivity index (χ0n) is 12.4. The number of sulfonamides is 1. The molecule has 1 aliphatic rings. The van der Waals surface area contributed by atoms with E-state index in [1.54, 1.807) is 31.2 Å². The number of rotatable bonds is 4. The Bertz CT molecular complexity index is 772. The van der Waals surface area contributed by atoms with Gasteiger partial charge in [0, 0.05) is 13.1 Å². The van der Waals surface area contributed by atoms with Crippen LogP contribution >= 0.6 is 0 Å². The molecule has 0 unspecified atom stereocenters. The molecule has 0 spiro atoms. The fourth-order valence-corrected chi connectivity index (χ4v) is 4.25. The Morgan fingerprint density at radius 3 is 2.82 bits per heavy atom. The van der Waals surface area contributed by atoms with Crippen molar-refractivity contribution in [2.75, 3.05) is 20.2 Å². The summed E-state index contributed by atoms with van der Waals surface area (Å²) in [7, 11) is -2.14. The van der Waals surface area contributed by atoms with Crippen molar-refractivity contribution in [2.24, 2.45) is 0 Å². The Morgan fingerprint density at radius 1 is 1.36 bits per heavy atom. The maximum absolute atomic E-state index is 12.8. The van der Waals surface area contributed by atoms with Gasteiger partial charge in [0.2, 0.25) is 15.9 Å². The zero-order chi connectivity index (χ0) is 15.7. The van der Waals surface area contributed by atoms with E-state index < -0.39 is 10.0 Å². The van der Waals surface area contributed by atoms with E-state index in [9.17, 15) is 8.42 Å². The van der Waals surface area contributed by atoms with Gasteiger partial charge in [-0.1, -0.05) is 17.3 Å². The Morgan fingerprint density at radius 2 is 2.14 bits per heavy atom. The van der Waals surface area contributed by atoms with Gasteiger partial charge in [0.25, 0.3) is 0 Å². The molecule has 0 N–H and O–H groups in total. The first-order chi connectivity index (χ1) is 10.5. The molecule has 1 aromatic carbocycles. The average molecular weight is 323 g/mol. The molecule has 118 valence electrons. The van der Waals surface area contributed by atoms with Gasteiger partial charge in [0.05, 0.1) is 13.0 Å². The minimum Gasteiger partial charge on any atom is -0.495 e. The highest BCUT2D eigenvalue weighted by Gasteiger charge is 2.36. The lowest BCUT2D eigenvalue weighted by Gasteiger charge is -2.17. The lowest BCUT2D eigenvalue weighted by molar-refractivity contribution is 0.351. The summed E-state index contributed by atoms with van der Waals surface area (Å²) in [5.41, 5.74) is 0. The smallest absolute Gasteiger partial charge is 0.246 e. The summed E-state index contributed by atoms with van der Waals surface area (Å²) in [5.74, 6) is 1.33. The van der Waals surface area contributed by atoms with E-state index in [1.165, 1.54) is 11.4 Å². The predicted octanol–water partition coefficient (Wildman–Crippen LogP) is 1.56. The molecule has 2 heterocycles. The van der Waals surface area contributed by atoms with E-state index in [0.717, 1.165) is 0 Å². The van der Waals surface area contributed by atoms with Crippen molar-refractivity contribution in [3.63, 3.8) is 0 Å². The number of methoxy groups -OCH3 is 1. The predicted molar refractivity (Wildman–Crippen MR) is 78.1 cm³/mol. The number of ether oxygens (including phenoxy) is 1. The molecule has 8 heteroatoms. The third-order valence-electron chi connectivity index (χ3n) is 3.73. The molecule has 22 heavy (non-hydrogen) atoms. The highest BCUT2D eigenvalue weighted by atomic mass is 32.2. The zero-order valence-corrected chi connectivity index (χ0v) is 13.2. The second-order valence-electron chi connectivity index (χ2n) is 5.18. The minimum absolute atomic E-state index is 0.0642. The van der Waals surface area contributed by atoms with Crippen molar-refractivity contribution >= 4 is 10.0 Å². The molecular formula is C14H17N3O4S. The van der Waals surface area contributed by atoms with E-state index in [1.807, 2.05) is 0 Å². The lowest BCUT2D eigenvalue weighted by atomic mass is 10.1. The third kappa shape index (κ3) is 2.59. The van der Waals surface area contributed by atoms with Crippen LogP contribution < -0.4 is 4.74 Å². The van der Waals surface area contributed by atoms with Crippen molar-refractivity contribution in [1.29, 1.82) is 0 Å². The summed E-state index contributed by atoms with van der Waals surface area (Å²) >= 11 is 0. The maximum atomic E-state index is 12.8. The van der Waals surface area contributed by atoms with Crippen LogP contribution in [0.2, 0.25) is 0 Å². The molecule has 0 saturated carbocycles.